The van der Waals surface area contributed by atoms with Crippen LogP contribution < -0.4 is 4.74 Å². The van der Waals surface area contributed by atoms with Gasteiger partial charge in [0.1, 0.15) is 23.8 Å². The van der Waals surface area contributed by atoms with E-state index >= 15 is 0 Å². The molecule has 18 heavy (non-hydrogen) atoms. The topological polar surface area (TPSA) is 55.5 Å². The molecule has 1 aromatic carbocycles. The van der Waals surface area contributed by atoms with Crippen molar-refractivity contribution in [2.45, 2.75) is 33.0 Å². The maximum absolute atomic E-state index is 9.67. The zero-order chi connectivity index (χ0) is 13.0. The maximum atomic E-state index is 9.67. The molecule has 0 aliphatic rings. The predicted octanol–water partition coefficient (Wildman–Crippen LogP) is 3.01. The Hall–Kier alpha value is -1.81. The summed E-state index contributed by atoms with van der Waals surface area (Å²) in [6.07, 6.45) is 0.301. The number of rotatable bonds is 5. The first-order valence-corrected chi connectivity index (χ1v) is 6.02. The molecule has 0 radical (unpaired) electrons. The molecule has 0 bridgehead atoms. The van der Waals surface area contributed by atoms with Crippen LogP contribution in [0.4, 0.5) is 0 Å². The Balaban J connectivity index is 1.94. The molecule has 0 aliphatic carbocycles. The summed E-state index contributed by atoms with van der Waals surface area (Å²) in [6, 6.07) is 9.28. The van der Waals surface area contributed by atoms with Crippen molar-refractivity contribution in [1.82, 2.24) is 5.16 Å². The molecular formula is C14H17NO3. The molecule has 2 aromatic rings. The van der Waals surface area contributed by atoms with Crippen LogP contribution in [0, 0.1) is 6.92 Å². The Morgan fingerprint density at radius 1 is 1.33 bits per heavy atom. The van der Waals surface area contributed by atoms with Crippen molar-refractivity contribution in [3.8, 4) is 5.75 Å². The molecule has 0 saturated carbocycles. The normalized spacial score (nSPS) is 12.4. The fourth-order valence-corrected chi connectivity index (χ4v) is 1.67. The van der Waals surface area contributed by atoms with Crippen molar-refractivity contribution < 1.29 is 14.4 Å². The van der Waals surface area contributed by atoms with Gasteiger partial charge in [-0.15, -0.1) is 0 Å². The fourth-order valence-electron chi connectivity index (χ4n) is 1.67. The highest BCUT2D eigenvalue weighted by Crippen LogP contribution is 2.20. The molecule has 0 fully saturated rings. The third-order valence-corrected chi connectivity index (χ3v) is 2.72. The van der Waals surface area contributed by atoms with Crippen LogP contribution >= 0.6 is 0 Å². The van der Waals surface area contributed by atoms with Crippen LogP contribution in [0.1, 0.15) is 36.5 Å². The third kappa shape index (κ3) is 3.11. The van der Waals surface area contributed by atoms with E-state index in [2.05, 4.69) is 5.16 Å². The number of nitrogens with zero attached hydrogens (tertiary/aromatic N) is 1. The van der Waals surface area contributed by atoms with Crippen LogP contribution in [0.2, 0.25) is 0 Å². The molecule has 0 aliphatic heterocycles. The van der Waals surface area contributed by atoms with Gasteiger partial charge < -0.3 is 14.4 Å². The first kappa shape index (κ1) is 12.6. The van der Waals surface area contributed by atoms with E-state index in [-0.39, 0.29) is 0 Å². The highest BCUT2D eigenvalue weighted by Gasteiger charge is 2.05. The van der Waals surface area contributed by atoms with E-state index in [1.807, 2.05) is 44.2 Å². The highest BCUT2D eigenvalue weighted by molar-refractivity contribution is 5.28. The molecule has 0 unspecified atom stereocenters. The lowest BCUT2D eigenvalue weighted by atomic mass is 10.1. The molecule has 1 N–H and O–H groups in total. The number of aromatic nitrogens is 1. The van der Waals surface area contributed by atoms with Crippen LogP contribution in [-0.2, 0) is 6.61 Å². The Bertz CT molecular complexity index is 490. The number of aliphatic hydroxyl groups excluding tert-OH is 1. The molecule has 1 atom stereocenters. The summed E-state index contributed by atoms with van der Waals surface area (Å²) in [5.41, 5.74) is 1.67. The standard InChI is InChI=1S/C14H17NO3/c1-3-14(16)11-4-6-13(7-5-11)17-9-12-8-10(2)18-15-12/h4-8,14,16H,3,9H2,1-2H3/t14-/m1/s1. The zero-order valence-electron chi connectivity index (χ0n) is 10.6. The summed E-state index contributed by atoms with van der Waals surface area (Å²) < 4.78 is 10.5. The lowest BCUT2D eigenvalue weighted by Crippen LogP contribution is -1.97. The van der Waals surface area contributed by atoms with Crippen molar-refractivity contribution in [3.05, 3.63) is 47.3 Å². The minimum atomic E-state index is -0.405. The van der Waals surface area contributed by atoms with Crippen LogP contribution in [0.5, 0.6) is 5.75 Å². The van der Waals surface area contributed by atoms with Crippen molar-refractivity contribution in [2.75, 3.05) is 0 Å². The first-order chi connectivity index (χ1) is 8.69. The van der Waals surface area contributed by atoms with Gasteiger partial charge in [0.2, 0.25) is 0 Å². The Labute approximate surface area is 106 Å². The molecule has 1 heterocycles. The molecule has 0 amide bonds. The van der Waals surface area contributed by atoms with Gasteiger partial charge in [0.15, 0.2) is 0 Å². The Morgan fingerprint density at radius 2 is 2.06 bits per heavy atom. The van der Waals surface area contributed by atoms with Gasteiger partial charge in [0, 0.05) is 6.07 Å². The number of aliphatic hydroxyl groups is 1. The lowest BCUT2D eigenvalue weighted by molar-refractivity contribution is 0.173. The van der Waals surface area contributed by atoms with Crippen molar-refractivity contribution >= 4 is 0 Å². The number of hydrogen-bond donors (Lipinski definition) is 1. The average molecular weight is 247 g/mol. The molecule has 2 rings (SSSR count). The lowest BCUT2D eigenvalue weighted by Gasteiger charge is -2.09. The number of ether oxygens (including phenoxy) is 1. The summed E-state index contributed by atoms with van der Waals surface area (Å²) in [5, 5.41) is 13.5. The summed E-state index contributed by atoms with van der Waals surface area (Å²) >= 11 is 0. The van der Waals surface area contributed by atoms with Crippen molar-refractivity contribution in [3.63, 3.8) is 0 Å². The molecular weight excluding hydrogens is 230 g/mol. The average Bonchev–Trinajstić information content (AvgIpc) is 2.82. The molecule has 4 nitrogen and oxygen atoms in total. The summed E-state index contributed by atoms with van der Waals surface area (Å²) in [7, 11) is 0. The Kier molecular flexibility index (Phi) is 3.99. The molecule has 0 saturated heterocycles. The smallest absolute Gasteiger partial charge is 0.134 e. The first-order valence-electron chi connectivity index (χ1n) is 6.02. The van der Waals surface area contributed by atoms with Gasteiger partial charge >= 0.3 is 0 Å². The van der Waals surface area contributed by atoms with E-state index in [9.17, 15) is 5.11 Å². The summed E-state index contributed by atoms with van der Waals surface area (Å²) in [4.78, 5) is 0. The van der Waals surface area contributed by atoms with Gasteiger partial charge in [-0.25, -0.2) is 0 Å². The third-order valence-electron chi connectivity index (χ3n) is 2.72. The molecule has 4 heteroatoms. The van der Waals surface area contributed by atoms with Gasteiger partial charge in [0.05, 0.1) is 6.10 Å². The second-order valence-electron chi connectivity index (χ2n) is 4.21. The van der Waals surface area contributed by atoms with Gasteiger partial charge in [-0.1, -0.05) is 24.2 Å². The van der Waals surface area contributed by atoms with Crippen LogP contribution in [0.15, 0.2) is 34.9 Å². The highest BCUT2D eigenvalue weighted by atomic mass is 16.5. The minimum absolute atomic E-state index is 0.382. The van der Waals surface area contributed by atoms with E-state index < -0.39 is 6.10 Å². The van der Waals surface area contributed by atoms with Crippen LogP contribution in [0.25, 0.3) is 0 Å². The van der Waals surface area contributed by atoms with Gasteiger partial charge in [0.25, 0.3) is 0 Å². The number of aryl methyl sites for hydroxylation is 1. The van der Waals surface area contributed by atoms with Gasteiger partial charge in [-0.3, -0.25) is 0 Å². The zero-order valence-corrected chi connectivity index (χ0v) is 10.6. The fraction of sp³-hybridized carbons (Fsp3) is 0.357. The molecule has 1 aromatic heterocycles. The number of hydrogen-bond acceptors (Lipinski definition) is 4. The second kappa shape index (κ2) is 5.69. The molecule has 96 valence electrons. The van der Waals surface area contributed by atoms with Gasteiger partial charge in [-0.2, -0.15) is 0 Å². The van der Waals surface area contributed by atoms with Crippen LogP contribution in [0.3, 0.4) is 0 Å². The van der Waals surface area contributed by atoms with Gasteiger partial charge in [-0.05, 0) is 31.0 Å². The monoisotopic (exact) mass is 247 g/mol. The second-order valence-corrected chi connectivity index (χ2v) is 4.21. The summed E-state index contributed by atoms with van der Waals surface area (Å²) in [5.74, 6) is 1.53. The quantitative estimate of drug-likeness (QED) is 0.882. The minimum Gasteiger partial charge on any atom is -0.487 e. The largest absolute Gasteiger partial charge is 0.487 e. The van der Waals surface area contributed by atoms with E-state index in [0.29, 0.717) is 13.0 Å². The number of benzene rings is 1. The molecule has 0 spiro atoms. The van der Waals surface area contributed by atoms with E-state index in [0.717, 1.165) is 22.8 Å². The van der Waals surface area contributed by atoms with Crippen molar-refractivity contribution in [1.29, 1.82) is 0 Å². The SMILES string of the molecule is CC[C@@H](O)c1ccc(OCc2cc(C)on2)cc1. The van der Waals surface area contributed by atoms with Crippen LogP contribution in [-0.4, -0.2) is 10.3 Å². The van der Waals surface area contributed by atoms with E-state index in [1.54, 1.807) is 0 Å². The maximum Gasteiger partial charge on any atom is 0.134 e. The van der Waals surface area contributed by atoms with Crippen molar-refractivity contribution in [2.24, 2.45) is 0 Å². The Morgan fingerprint density at radius 3 is 2.61 bits per heavy atom. The predicted molar refractivity (Wildman–Crippen MR) is 67.3 cm³/mol. The van der Waals surface area contributed by atoms with E-state index in [1.165, 1.54) is 0 Å². The van der Waals surface area contributed by atoms with E-state index in [4.69, 9.17) is 9.26 Å². The summed E-state index contributed by atoms with van der Waals surface area (Å²) in [6.45, 7) is 4.17.